The molecule has 1 aromatic carbocycles. The van der Waals surface area contributed by atoms with Gasteiger partial charge >= 0.3 is 10.9 Å². The first-order valence-corrected chi connectivity index (χ1v) is 4.23. The van der Waals surface area contributed by atoms with Gasteiger partial charge in [0.25, 0.3) is 11.0 Å². The zero-order valence-electron chi connectivity index (χ0n) is 6.91. The van der Waals surface area contributed by atoms with Gasteiger partial charge in [-0.1, -0.05) is 24.8 Å². The summed E-state index contributed by atoms with van der Waals surface area (Å²) in [5, 5.41) is 31.7. The molecule has 0 amide bonds. The van der Waals surface area contributed by atoms with E-state index in [1.165, 1.54) is 12.1 Å². The lowest BCUT2D eigenvalue weighted by molar-refractivity contribution is -0.664. The first-order chi connectivity index (χ1) is 6.63. The van der Waals surface area contributed by atoms with Gasteiger partial charge in [0, 0.05) is 12.1 Å². The second kappa shape index (κ2) is 2.91. The van der Waals surface area contributed by atoms with Crippen molar-refractivity contribution in [1.29, 1.82) is 0 Å². The Morgan fingerprint density at radius 3 is 2.14 bits per heavy atom. The molecular formula is C8H6N2O3S. The zero-order valence-corrected chi connectivity index (χ0v) is 7.81. The van der Waals surface area contributed by atoms with Crippen molar-refractivity contribution in [1.82, 2.24) is 0 Å². The van der Waals surface area contributed by atoms with Crippen LogP contribution in [0.2, 0.25) is 0 Å². The quantitative estimate of drug-likeness (QED) is 0.368. The highest BCUT2D eigenvalue weighted by molar-refractivity contribution is 7.80. The Labute approximate surface area is 84.4 Å². The Kier molecular flexibility index (Phi) is 1.85. The summed E-state index contributed by atoms with van der Waals surface area (Å²) in [7, 11) is 0. The number of nitrogens with zero attached hydrogens (tertiary/aromatic N) is 2. The molecule has 2 aromatic rings. The molecule has 0 saturated carbocycles. The number of fused-ring (bicyclic) bond motifs is 1. The van der Waals surface area contributed by atoms with E-state index in [0.29, 0.717) is 4.73 Å². The van der Waals surface area contributed by atoms with Crippen molar-refractivity contribution >= 4 is 23.7 Å². The molecule has 1 aromatic heterocycles. The van der Waals surface area contributed by atoms with E-state index >= 15 is 0 Å². The lowest BCUT2D eigenvalue weighted by Crippen LogP contribution is -2.39. The van der Waals surface area contributed by atoms with Crippen LogP contribution in [0.3, 0.4) is 0 Å². The molecule has 0 atom stereocenters. The Morgan fingerprint density at radius 1 is 1.07 bits per heavy atom. The maximum atomic E-state index is 11.4. The minimum absolute atomic E-state index is 0.109. The van der Waals surface area contributed by atoms with E-state index in [1.54, 1.807) is 12.1 Å². The number of thiol groups is 1. The molecule has 5 nitrogen and oxygen atoms in total. The van der Waals surface area contributed by atoms with Crippen LogP contribution in [-0.2, 0) is 0 Å². The van der Waals surface area contributed by atoms with E-state index in [0.717, 1.165) is 0 Å². The fourth-order valence-electron chi connectivity index (χ4n) is 1.22. The van der Waals surface area contributed by atoms with Crippen LogP contribution >= 0.6 is 12.6 Å². The summed E-state index contributed by atoms with van der Waals surface area (Å²) < 4.78 is 0.675. The molecule has 0 aliphatic carbocycles. The van der Waals surface area contributed by atoms with Crippen LogP contribution in [0.1, 0.15) is 0 Å². The molecule has 14 heavy (non-hydrogen) atoms. The third-order valence-electron chi connectivity index (χ3n) is 1.90. The molecule has 0 saturated heterocycles. The first-order valence-electron chi connectivity index (χ1n) is 3.78. The molecule has 0 aliphatic heterocycles. The standard InChI is InChI=1S/C8H6N2O3S/c11-7-8(14)10(13)6-4-2-1-3-5(6)9(7)12/h1-4,11,14H. The van der Waals surface area contributed by atoms with Crippen molar-refractivity contribution in [2.45, 2.75) is 5.03 Å². The van der Waals surface area contributed by atoms with E-state index in [2.05, 4.69) is 12.6 Å². The van der Waals surface area contributed by atoms with E-state index in [9.17, 15) is 15.5 Å². The second-order valence-corrected chi connectivity index (χ2v) is 3.15. The van der Waals surface area contributed by atoms with Gasteiger partial charge in [-0.15, -0.1) is 9.46 Å². The molecule has 0 unspecified atom stereocenters. The maximum absolute atomic E-state index is 11.4. The molecule has 1 heterocycles. The predicted octanol–water partition coefficient (Wildman–Crippen LogP) is 0.101. The third-order valence-corrected chi connectivity index (χ3v) is 2.29. The average Bonchev–Trinajstić information content (AvgIpc) is 2.23. The lowest BCUT2D eigenvalue weighted by Gasteiger charge is -2.05. The van der Waals surface area contributed by atoms with Gasteiger partial charge in [-0.25, -0.2) is 0 Å². The third kappa shape index (κ3) is 1.04. The van der Waals surface area contributed by atoms with Crippen molar-refractivity contribution < 1.29 is 14.6 Å². The van der Waals surface area contributed by atoms with Crippen molar-refractivity contribution in [2.75, 3.05) is 0 Å². The van der Waals surface area contributed by atoms with Gasteiger partial charge in [0.05, 0.1) is 0 Å². The molecule has 0 spiro atoms. The normalized spacial score (nSPS) is 10.6. The fourth-order valence-corrected chi connectivity index (χ4v) is 1.42. The summed E-state index contributed by atoms with van der Waals surface area (Å²) in [5.41, 5.74) is 0.281. The van der Waals surface area contributed by atoms with E-state index in [1.807, 2.05) is 0 Å². The molecule has 1 N–H and O–H groups in total. The van der Waals surface area contributed by atoms with Gasteiger partial charge in [-0.3, -0.25) is 0 Å². The maximum Gasteiger partial charge on any atom is 0.460 e. The summed E-state index contributed by atoms with van der Waals surface area (Å²) >= 11 is 3.74. The number of rotatable bonds is 0. The summed E-state index contributed by atoms with van der Waals surface area (Å²) in [4.78, 5) is 0. The van der Waals surface area contributed by atoms with Gasteiger partial charge < -0.3 is 15.5 Å². The van der Waals surface area contributed by atoms with Gasteiger partial charge in [0.15, 0.2) is 0 Å². The van der Waals surface area contributed by atoms with Gasteiger partial charge in [0.1, 0.15) is 0 Å². The Morgan fingerprint density at radius 2 is 1.57 bits per heavy atom. The van der Waals surface area contributed by atoms with E-state index in [-0.39, 0.29) is 20.8 Å². The average molecular weight is 210 g/mol. The van der Waals surface area contributed by atoms with Crippen LogP contribution in [0.4, 0.5) is 0 Å². The van der Waals surface area contributed by atoms with Crippen LogP contribution in [0.15, 0.2) is 29.3 Å². The minimum Gasteiger partial charge on any atom is -0.617 e. The minimum atomic E-state index is -0.693. The molecule has 0 radical (unpaired) electrons. The van der Waals surface area contributed by atoms with Crippen LogP contribution < -0.4 is 9.46 Å². The number of benzene rings is 1. The fraction of sp³-hybridized carbons (Fsp3) is 0. The van der Waals surface area contributed by atoms with Crippen molar-refractivity contribution in [3.63, 3.8) is 0 Å². The van der Waals surface area contributed by atoms with Gasteiger partial charge in [0.2, 0.25) is 0 Å². The monoisotopic (exact) mass is 210 g/mol. The van der Waals surface area contributed by atoms with Crippen molar-refractivity contribution in [2.24, 2.45) is 0 Å². The predicted molar refractivity (Wildman–Crippen MR) is 50.8 cm³/mol. The molecule has 0 fully saturated rings. The molecule has 2 rings (SSSR count). The van der Waals surface area contributed by atoms with Crippen LogP contribution in [-0.4, -0.2) is 5.11 Å². The number of hydrogen-bond acceptors (Lipinski definition) is 4. The summed E-state index contributed by atoms with van der Waals surface area (Å²) in [5.74, 6) is -0.693. The topological polar surface area (TPSA) is 74.1 Å². The molecule has 0 bridgehead atoms. The van der Waals surface area contributed by atoms with Crippen LogP contribution in [0, 0.1) is 10.4 Å². The summed E-state index contributed by atoms with van der Waals surface area (Å²) in [6, 6.07) is 6.16. The summed E-state index contributed by atoms with van der Waals surface area (Å²) in [6.07, 6.45) is 0. The van der Waals surface area contributed by atoms with E-state index in [4.69, 9.17) is 0 Å². The van der Waals surface area contributed by atoms with Gasteiger partial charge in [-0.2, -0.15) is 0 Å². The molecule has 0 aliphatic rings. The van der Waals surface area contributed by atoms with E-state index < -0.39 is 5.88 Å². The first kappa shape index (κ1) is 8.89. The number of aromatic nitrogens is 2. The lowest BCUT2D eigenvalue weighted by atomic mass is 10.3. The largest absolute Gasteiger partial charge is 0.617 e. The van der Waals surface area contributed by atoms with Crippen LogP contribution in [0.25, 0.3) is 11.0 Å². The Balaban J connectivity index is 3.02. The Bertz CT molecular complexity index is 469. The number of para-hydroxylation sites is 2. The van der Waals surface area contributed by atoms with Gasteiger partial charge in [-0.05, 0) is 0 Å². The zero-order chi connectivity index (χ0) is 10.3. The summed E-state index contributed by atoms with van der Waals surface area (Å²) in [6.45, 7) is 0. The number of hydrogen-bond donors (Lipinski definition) is 2. The highest BCUT2D eigenvalue weighted by Gasteiger charge is 2.24. The second-order valence-electron chi connectivity index (χ2n) is 2.72. The Hall–Kier alpha value is -1.69. The molecule has 72 valence electrons. The highest BCUT2D eigenvalue weighted by Crippen LogP contribution is 2.15. The van der Waals surface area contributed by atoms with Crippen molar-refractivity contribution in [3.05, 3.63) is 34.7 Å². The number of aromatic hydroxyl groups is 1. The molecular weight excluding hydrogens is 204 g/mol. The SMILES string of the molecule is [O-][n+]1c(O)c(S)[n+]([O-])c2ccccc21. The highest BCUT2D eigenvalue weighted by atomic mass is 32.1. The molecule has 6 heteroatoms. The smallest absolute Gasteiger partial charge is 0.460 e. The van der Waals surface area contributed by atoms with Crippen LogP contribution in [0.5, 0.6) is 5.88 Å². The van der Waals surface area contributed by atoms with Crippen molar-refractivity contribution in [3.8, 4) is 5.88 Å².